The highest BCUT2D eigenvalue weighted by Gasteiger charge is 2.54. The summed E-state index contributed by atoms with van der Waals surface area (Å²) in [6.07, 6.45) is 3.20. The first-order chi connectivity index (χ1) is 21.9. The van der Waals surface area contributed by atoms with Crippen molar-refractivity contribution in [1.82, 2.24) is 30.2 Å². The molecule has 1 saturated heterocycles. The number of aromatic nitrogens is 2. The molecule has 3 amide bonds. The molecule has 1 saturated carbocycles. The van der Waals surface area contributed by atoms with E-state index in [0.29, 0.717) is 42.1 Å². The third kappa shape index (κ3) is 5.38. The molecule has 0 spiro atoms. The van der Waals surface area contributed by atoms with Crippen LogP contribution in [0.15, 0.2) is 45.7 Å². The summed E-state index contributed by atoms with van der Waals surface area (Å²) in [7, 11) is 6.82. The number of carbonyl (C=O) groups is 3. The maximum Gasteiger partial charge on any atom is 0.438 e. The third-order valence-corrected chi connectivity index (χ3v) is 9.70. The molecule has 4 atom stereocenters. The van der Waals surface area contributed by atoms with Crippen molar-refractivity contribution >= 4 is 17.7 Å². The van der Waals surface area contributed by atoms with Crippen LogP contribution in [0.1, 0.15) is 75.0 Å². The van der Waals surface area contributed by atoms with Crippen LogP contribution in [-0.4, -0.2) is 95.4 Å². The number of nitriles is 1. The van der Waals surface area contributed by atoms with E-state index < -0.39 is 17.2 Å². The number of rotatable bonds is 8. The van der Waals surface area contributed by atoms with Crippen molar-refractivity contribution in [3.8, 4) is 6.07 Å². The van der Waals surface area contributed by atoms with Gasteiger partial charge in [-0.15, -0.1) is 0 Å². The van der Waals surface area contributed by atoms with E-state index in [9.17, 15) is 24.4 Å². The number of hydrogen-bond donors (Lipinski definition) is 2. The van der Waals surface area contributed by atoms with Crippen molar-refractivity contribution in [1.29, 1.82) is 5.26 Å². The number of aromatic amines is 1. The van der Waals surface area contributed by atoms with Crippen molar-refractivity contribution in [3.05, 3.63) is 86.2 Å². The smallest absolute Gasteiger partial charge is 0.345 e. The normalized spacial score (nSPS) is 21.2. The molecule has 46 heavy (non-hydrogen) atoms. The van der Waals surface area contributed by atoms with Crippen LogP contribution in [0.25, 0.3) is 0 Å². The van der Waals surface area contributed by atoms with Gasteiger partial charge in [0, 0.05) is 51.4 Å². The van der Waals surface area contributed by atoms with Crippen molar-refractivity contribution in [3.63, 3.8) is 0 Å². The molecule has 1 aromatic heterocycles. The molecule has 0 bridgehead atoms. The lowest BCUT2D eigenvalue weighted by molar-refractivity contribution is -0.131. The Hall–Kier alpha value is -4.76. The van der Waals surface area contributed by atoms with E-state index in [1.54, 1.807) is 45.2 Å². The molecule has 240 valence electrons. The highest BCUT2D eigenvalue weighted by molar-refractivity contribution is 5.95. The maximum absolute atomic E-state index is 13.3. The van der Waals surface area contributed by atoms with Gasteiger partial charge < -0.3 is 20.0 Å². The SMILES string of the molecule is C[C@H](CC1(c2noc(=O)[nH]2)c2ccc(C(=O)N(C)C)cc2CCc2cc(C(=O)N(C)C)ccc21)NCC(=O)N1[C@H](C#N)C[C@@H]2C[C@@H]21. The second-order valence-electron chi connectivity index (χ2n) is 13.2. The quantitative estimate of drug-likeness (QED) is 0.386. The average Bonchev–Trinajstić information content (AvgIpc) is 3.53. The van der Waals surface area contributed by atoms with Gasteiger partial charge in [-0.25, -0.2) is 4.79 Å². The van der Waals surface area contributed by atoms with Crippen molar-refractivity contribution in [2.45, 2.75) is 62.6 Å². The molecule has 2 N–H and O–H groups in total. The van der Waals surface area contributed by atoms with Gasteiger partial charge in [-0.1, -0.05) is 17.3 Å². The van der Waals surface area contributed by atoms with Crippen LogP contribution in [0.4, 0.5) is 0 Å². The Bertz CT molecular complexity index is 1730. The fraction of sp³-hybridized carbons (Fsp3) is 0.471. The Kier molecular flexibility index (Phi) is 8.06. The number of H-pyrrole nitrogens is 1. The van der Waals surface area contributed by atoms with Crippen LogP contribution in [0.2, 0.25) is 0 Å². The zero-order chi connectivity index (χ0) is 32.9. The van der Waals surface area contributed by atoms with Gasteiger partial charge in [0.15, 0.2) is 5.82 Å². The van der Waals surface area contributed by atoms with E-state index in [4.69, 9.17) is 4.52 Å². The molecule has 0 unspecified atom stereocenters. The summed E-state index contributed by atoms with van der Waals surface area (Å²) in [4.78, 5) is 59.4. The van der Waals surface area contributed by atoms with Crippen molar-refractivity contribution in [2.75, 3.05) is 34.7 Å². The summed E-state index contributed by atoms with van der Waals surface area (Å²) in [5, 5.41) is 17.2. The monoisotopic (exact) mass is 625 g/mol. The summed E-state index contributed by atoms with van der Waals surface area (Å²) < 4.78 is 5.09. The van der Waals surface area contributed by atoms with Gasteiger partial charge in [0.2, 0.25) is 5.91 Å². The minimum absolute atomic E-state index is 0.0558. The Morgan fingerprint density at radius 3 is 2.13 bits per heavy atom. The van der Waals surface area contributed by atoms with Gasteiger partial charge in [0.25, 0.3) is 11.8 Å². The fourth-order valence-electron chi connectivity index (χ4n) is 7.43. The highest BCUT2D eigenvalue weighted by atomic mass is 16.5. The van der Waals surface area contributed by atoms with Crippen LogP contribution in [0.3, 0.4) is 0 Å². The largest absolute Gasteiger partial charge is 0.438 e. The molecule has 2 fully saturated rings. The summed E-state index contributed by atoms with van der Waals surface area (Å²) in [6, 6.07) is 12.9. The minimum Gasteiger partial charge on any atom is -0.345 e. The Labute approximate surface area is 267 Å². The predicted octanol–water partition coefficient (Wildman–Crippen LogP) is 2.08. The number of nitrogens with one attached hydrogen (secondary N) is 2. The molecule has 3 aromatic rings. The lowest BCUT2D eigenvalue weighted by atomic mass is 9.67. The van der Waals surface area contributed by atoms with E-state index in [-0.39, 0.29) is 36.3 Å². The summed E-state index contributed by atoms with van der Waals surface area (Å²) in [5.41, 5.74) is 3.52. The number of amides is 3. The van der Waals surface area contributed by atoms with Crippen molar-refractivity contribution < 1.29 is 18.9 Å². The van der Waals surface area contributed by atoms with Gasteiger partial charge >= 0.3 is 5.76 Å². The first-order valence-corrected chi connectivity index (χ1v) is 15.6. The number of hydrogen-bond acceptors (Lipinski definition) is 8. The number of fused-ring (bicyclic) bond motifs is 3. The number of carbonyl (C=O) groups excluding carboxylic acids is 3. The second kappa shape index (κ2) is 11.9. The number of aryl methyl sites for hydroxylation is 2. The van der Waals surface area contributed by atoms with Gasteiger partial charge in [0.05, 0.1) is 18.0 Å². The zero-order valence-electron chi connectivity index (χ0n) is 26.8. The molecule has 12 nitrogen and oxygen atoms in total. The molecule has 1 aliphatic heterocycles. The van der Waals surface area contributed by atoms with Gasteiger partial charge in [0.1, 0.15) is 6.04 Å². The van der Waals surface area contributed by atoms with Crippen molar-refractivity contribution in [2.24, 2.45) is 5.92 Å². The Morgan fingerprint density at radius 2 is 1.63 bits per heavy atom. The molecule has 6 rings (SSSR count). The third-order valence-electron chi connectivity index (χ3n) is 9.70. The lowest BCUT2D eigenvalue weighted by Crippen LogP contribution is -2.46. The van der Waals surface area contributed by atoms with Gasteiger partial charge in [-0.3, -0.25) is 23.9 Å². The minimum atomic E-state index is -1.06. The lowest BCUT2D eigenvalue weighted by Gasteiger charge is -2.37. The molecule has 0 radical (unpaired) electrons. The van der Waals surface area contributed by atoms with E-state index in [0.717, 1.165) is 35.1 Å². The Morgan fingerprint density at radius 1 is 1.04 bits per heavy atom. The summed E-state index contributed by atoms with van der Waals surface area (Å²) in [6.45, 7) is 2.03. The van der Waals surface area contributed by atoms with E-state index in [1.807, 2.05) is 31.2 Å². The maximum atomic E-state index is 13.3. The average molecular weight is 626 g/mol. The van der Waals surface area contributed by atoms with E-state index in [2.05, 4.69) is 21.5 Å². The fourth-order valence-corrected chi connectivity index (χ4v) is 7.43. The van der Waals surface area contributed by atoms with Crippen LogP contribution in [-0.2, 0) is 23.1 Å². The molecule has 2 aliphatic carbocycles. The van der Waals surface area contributed by atoms with Crippen LogP contribution >= 0.6 is 0 Å². The molecular weight excluding hydrogens is 586 g/mol. The number of benzene rings is 2. The Balaban J connectivity index is 1.44. The van der Waals surface area contributed by atoms with Gasteiger partial charge in [-0.2, -0.15) is 5.26 Å². The first-order valence-electron chi connectivity index (χ1n) is 15.6. The van der Waals surface area contributed by atoms with Crippen LogP contribution < -0.4 is 11.1 Å². The highest BCUT2D eigenvalue weighted by Crippen LogP contribution is 2.48. The first kappa shape index (κ1) is 31.2. The van der Waals surface area contributed by atoms with Gasteiger partial charge in [-0.05, 0) is 91.5 Å². The van der Waals surface area contributed by atoms with E-state index in [1.165, 1.54) is 9.80 Å². The molecule has 3 aliphatic rings. The van der Waals surface area contributed by atoms with Crippen LogP contribution in [0.5, 0.6) is 0 Å². The predicted molar refractivity (Wildman–Crippen MR) is 168 cm³/mol. The molecule has 12 heteroatoms. The summed E-state index contributed by atoms with van der Waals surface area (Å²) >= 11 is 0. The topological polar surface area (TPSA) is 156 Å². The zero-order valence-corrected chi connectivity index (χ0v) is 26.8. The molecule has 2 aromatic carbocycles. The van der Waals surface area contributed by atoms with E-state index >= 15 is 0 Å². The molecule has 2 heterocycles. The summed E-state index contributed by atoms with van der Waals surface area (Å²) in [5.74, 6) is -0.351. The number of piperidine rings is 1. The number of likely N-dealkylation sites (tertiary alicyclic amines) is 1. The second-order valence-corrected chi connectivity index (χ2v) is 13.2. The molecular formula is C34H39N7O5. The standard InChI is InChI=1S/C34H39N7O5/c1-19(36-18-29(42)41-25(17-35)14-24-15-28(24)41)16-34(32-37-33(45)46-38-32)26-10-8-22(30(43)39(2)3)12-20(26)6-7-21-13-23(9-11-27(21)34)31(44)40(4)5/h8-13,19,24-25,28,36H,6-7,14-16,18H2,1-5H3,(H,37,38,45)/t19-,24-,25+,28+/m1/s1. The van der Waals surface area contributed by atoms with Crippen LogP contribution in [0, 0.1) is 17.2 Å². The number of nitrogens with zero attached hydrogens (tertiary/aromatic N) is 5.